The van der Waals surface area contributed by atoms with E-state index < -0.39 is 0 Å². The molecule has 1 aliphatic rings. The Morgan fingerprint density at radius 1 is 1.38 bits per heavy atom. The lowest BCUT2D eigenvalue weighted by atomic mass is 9.94. The van der Waals surface area contributed by atoms with Crippen molar-refractivity contribution < 1.29 is 4.74 Å². The minimum absolute atomic E-state index is 0.0170. The molecule has 0 bridgehead atoms. The highest BCUT2D eigenvalue weighted by atomic mass is 16.5. The summed E-state index contributed by atoms with van der Waals surface area (Å²) >= 11 is 0. The van der Waals surface area contributed by atoms with Crippen molar-refractivity contribution in [2.75, 3.05) is 26.2 Å². The maximum absolute atomic E-state index is 5.89. The summed E-state index contributed by atoms with van der Waals surface area (Å²) in [5.74, 6) is 0. The quantitative estimate of drug-likeness (QED) is 0.709. The minimum atomic E-state index is -0.0170. The van der Waals surface area contributed by atoms with Crippen LogP contribution in [-0.4, -0.2) is 42.3 Å². The fourth-order valence-corrected chi connectivity index (χ4v) is 1.61. The molecule has 3 heteroatoms. The lowest BCUT2D eigenvalue weighted by molar-refractivity contribution is -0.0296. The van der Waals surface area contributed by atoms with Gasteiger partial charge in [-0.1, -0.05) is 0 Å². The Labute approximate surface area is 81.2 Å². The molecule has 1 heterocycles. The first-order valence-electron chi connectivity index (χ1n) is 4.94. The monoisotopic (exact) mass is 186 g/mol. The average Bonchev–Trinajstić information content (AvgIpc) is 1.79. The van der Waals surface area contributed by atoms with Crippen molar-refractivity contribution in [2.24, 2.45) is 5.73 Å². The predicted octanol–water partition coefficient (Wildman–Crippen LogP) is 0.834. The number of ether oxygens (including phenoxy) is 1. The molecule has 0 amide bonds. The maximum atomic E-state index is 5.89. The van der Waals surface area contributed by atoms with Gasteiger partial charge in [0.05, 0.1) is 12.2 Å². The van der Waals surface area contributed by atoms with Crippen LogP contribution in [0, 0.1) is 0 Å². The smallest absolute Gasteiger partial charge is 0.0600 e. The van der Waals surface area contributed by atoms with Gasteiger partial charge in [-0.05, 0) is 27.7 Å². The Morgan fingerprint density at radius 3 is 2.31 bits per heavy atom. The minimum Gasteiger partial charge on any atom is -0.375 e. The van der Waals surface area contributed by atoms with Crippen LogP contribution in [0.4, 0.5) is 0 Å². The van der Waals surface area contributed by atoms with Gasteiger partial charge in [0, 0.05) is 25.2 Å². The van der Waals surface area contributed by atoms with Crippen LogP contribution in [0.2, 0.25) is 0 Å². The van der Waals surface area contributed by atoms with E-state index in [1.807, 2.05) is 0 Å². The lowest BCUT2D eigenvalue weighted by Gasteiger charge is -2.45. The van der Waals surface area contributed by atoms with Crippen molar-refractivity contribution in [1.29, 1.82) is 0 Å². The fraction of sp³-hybridized carbons (Fsp3) is 1.00. The maximum Gasteiger partial charge on any atom is 0.0600 e. The van der Waals surface area contributed by atoms with Crippen molar-refractivity contribution in [1.82, 2.24) is 4.90 Å². The first-order chi connectivity index (χ1) is 5.79. The second-order valence-electron chi connectivity index (χ2n) is 5.33. The number of rotatable bonds is 3. The summed E-state index contributed by atoms with van der Waals surface area (Å²) in [6.45, 7) is 12.1. The zero-order valence-electron chi connectivity index (χ0n) is 9.26. The molecule has 0 atom stereocenters. The van der Waals surface area contributed by atoms with Gasteiger partial charge in [-0.3, -0.25) is 4.90 Å². The SMILES string of the molecule is CC1(N)CN(CCOC(C)(C)C)C1. The summed E-state index contributed by atoms with van der Waals surface area (Å²) in [5, 5.41) is 0. The number of hydrogen-bond acceptors (Lipinski definition) is 3. The molecule has 2 N–H and O–H groups in total. The van der Waals surface area contributed by atoms with Crippen LogP contribution in [0.25, 0.3) is 0 Å². The van der Waals surface area contributed by atoms with E-state index in [1.54, 1.807) is 0 Å². The van der Waals surface area contributed by atoms with E-state index in [0.29, 0.717) is 0 Å². The Hall–Kier alpha value is -0.120. The second-order valence-corrected chi connectivity index (χ2v) is 5.33. The molecule has 1 fully saturated rings. The molecular formula is C10H22N2O. The van der Waals surface area contributed by atoms with Crippen LogP contribution >= 0.6 is 0 Å². The van der Waals surface area contributed by atoms with Crippen molar-refractivity contribution in [3.63, 3.8) is 0 Å². The van der Waals surface area contributed by atoms with Gasteiger partial charge in [-0.15, -0.1) is 0 Å². The molecule has 78 valence electrons. The summed E-state index contributed by atoms with van der Waals surface area (Å²) < 4.78 is 5.62. The molecule has 0 saturated carbocycles. The van der Waals surface area contributed by atoms with Gasteiger partial charge in [0.25, 0.3) is 0 Å². The molecule has 1 aliphatic heterocycles. The molecule has 0 radical (unpaired) electrons. The van der Waals surface area contributed by atoms with Gasteiger partial charge in [0.1, 0.15) is 0 Å². The number of nitrogens with zero attached hydrogens (tertiary/aromatic N) is 1. The molecule has 0 aromatic heterocycles. The van der Waals surface area contributed by atoms with Crippen molar-refractivity contribution in [3.8, 4) is 0 Å². The number of hydrogen-bond donors (Lipinski definition) is 1. The van der Waals surface area contributed by atoms with E-state index in [-0.39, 0.29) is 11.1 Å². The van der Waals surface area contributed by atoms with Gasteiger partial charge >= 0.3 is 0 Å². The first-order valence-corrected chi connectivity index (χ1v) is 4.94. The molecule has 1 saturated heterocycles. The highest BCUT2D eigenvalue weighted by Gasteiger charge is 2.34. The molecule has 0 aliphatic carbocycles. The summed E-state index contributed by atoms with van der Waals surface area (Å²) in [7, 11) is 0. The predicted molar refractivity (Wildman–Crippen MR) is 54.7 cm³/mol. The normalized spacial score (nSPS) is 22.8. The van der Waals surface area contributed by atoms with Gasteiger partial charge in [-0.2, -0.15) is 0 Å². The molecule has 0 unspecified atom stereocenters. The van der Waals surface area contributed by atoms with E-state index >= 15 is 0 Å². The number of nitrogens with two attached hydrogens (primary N) is 1. The molecule has 13 heavy (non-hydrogen) atoms. The van der Waals surface area contributed by atoms with Crippen LogP contribution in [0.1, 0.15) is 27.7 Å². The number of likely N-dealkylation sites (tertiary alicyclic amines) is 1. The summed E-state index contributed by atoms with van der Waals surface area (Å²) in [5.41, 5.74) is 5.91. The average molecular weight is 186 g/mol. The Morgan fingerprint density at radius 2 is 1.92 bits per heavy atom. The summed E-state index contributed by atoms with van der Waals surface area (Å²) in [6, 6.07) is 0. The van der Waals surface area contributed by atoms with Gasteiger partial charge in [-0.25, -0.2) is 0 Å². The van der Waals surface area contributed by atoms with Gasteiger partial charge in [0.15, 0.2) is 0 Å². The van der Waals surface area contributed by atoms with Gasteiger partial charge in [0.2, 0.25) is 0 Å². The van der Waals surface area contributed by atoms with E-state index in [9.17, 15) is 0 Å². The topological polar surface area (TPSA) is 38.5 Å². The van der Waals surface area contributed by atoms with Crippen LogP contribution in [0.5, 0.6) is 0 Å². The molecular weight excluding hydrogens is 164 g/mol. The Kier molecular flexibility index (Phi) is 3.00. The van der Waals surface area contributed by atoms with E-state index in [2.05, 4.69) is 32.6 Å². The van der Waals surface area contributed by atoms with Crippen LogP contribution < -0.4 is 5.73 Å². The zero-order chi connectivity index (χ0) is 10.1. The van der Waals surface area contributed by atoms with E-state index in [4.69, 9.17) is 10.5 Å². The third-order valence-corrected chi connectivity index (χ3v) is 2.11. The van der Waals surface area contributed by atoms with E-state index in [0.717, 1.165) is 26.2 Å². The largest absolute Gasteiger partial charge is 0.375 e. The van der Waals surface area contributed by atoms with Crippen molar-refractivity contribution >= 4 is 0 Å². The molecule has 3 nitrogen and oxygen atoms in total. The van der Waals surface area contributed by atoms with Crippen LogP contribution in [0.15, 0.2) is 0 Å². The van der Waals surface area contributed by atoms with Crippen molar-refractivity contribution in [3.05, 3.63) is 0 Å². The molecule has 0 spiro atoms. The zero-order valence-corrected chi connectivity index (χ0v) is 9.26. The molecule has 0 aromatic carbocycles. The van der Waals surface area contributed by atoms with E-state index in [1.165, 1.54) is 0 Å². The summed E-state index contributed by atoms with van der Waals surface area (Å²) in [6.07, 6.45) is 0. The van der Waals surface area contributed by atoms with Crippen LogP contribution in [-0.2, 0) is 4.74 Å². The van der Waals surface area contributed by atoms with Crippen LogP contribution in [0.3, 0.4) is 0 Å². The first kappa shape index (κ1) is 11.0. The second kappa shape index (κ2) is 3.56. The third-order valence-electron chi connectivity index (χ3n) is 2.11. The lowest BCUT2D eigenvalue weighted by Crippen LogP contribution is -2.65. The Bertz CT molecular complexity index is 164. The van der Waals surface area contributed by atoms with Gasteiger partial charge < -0.3 is 10.5 Å². The highest BCUT2D eigenvalue weighted by Crippen LogP contribution is 2.16. The Balaban J connectivity index is 2.03. The van der Waals surface area contributed by atoms with Crippen molar-refractivity contribution in [2.45, 2.75) is 38.8 Å². The highest BCUT2D eigenvalue weighted by molar-refractivity contribution is 4.95. The third kappa shape index (κ3) is 4.07. The summed E-state index contributed by atoms with van der Waals surface area (Å²) in [4.78, 5) is 2.33. The molecule has 1 rings (SSSR count). The molecule has 0 aromatic rings. The standard InChI is InChI=1S/C10H22N2O/c1-9(2,3)13-6-5-12-7-10(4,11)8-12/h5-8,11H2,1-4H3. The fourth-order valence-electron chi connectivity index (χ4n) is 1.61.